The SMILES string of the molecule is CCc1ccc(OCc2nnc(SCC(=O)N[C@]3(C)CCS(=O)(=O)C3)n2CC(C)C)cc1. The van der Waals surface area contributed by atoms with Crippen LogP contribution < -0.4 is 10.1 Å². The normalized spacial score (nSPS) is 19.9. The van der Waals surface area contributed by atoms with Gasteiger partial charge in [-0.1, -0.05) is 44.7 Å². The van der Waals surface area contributed by atoms with Crippen LogP contribution in [0.2, 0.25) is 0 Å². The molecule has 176 valence electrons. The van der Waals surface area contributed by atoms with Gasteiger partial charge in [-0.15, -0.1) is 10.2 Å². The molecule has 1 aromatic heterocycles. The maximum atomic E-state index is 12.5. The van der Waals surface area contributed by atoms with Crippen molar-refractivity contribution >= 4 is 27.5 Å². The third kappa shape index (κ3) is 6.71. The number of benzene rings is 1. The number of hydrogen-bond acceptors (Lipinski definition) is 7. The van der Waals surface area contributed by atoms with Gasteiger partial charge in [0.2, 0.25) is 5.91 Å². The van der Waals surface area contributed by atoms with Crippen molar-refractivity contribution in [2.24, 2.45) is 5.92 Å². The summed E-state index contributed by atoms with van der Waals surface area (Å²) in [6, 6.07) is 7.99. The van der Waals surface area contributed by atoms with Crippen LogP contribution in [0, 0.1) is 5.92 Å². The van der Waals surface area contributed by atoms with Gasteiger partial charge in [-0.2, -0.15) is 0 Å². The zero-order chi connectivity index (χ0) is 23.4. The number of hydrogen-bond donors (Lipinski definition) is 1. The van der Waals surface area contributed by atoms with E-state index in [1.165, 1.54) is 17.3 Å². The number of carbonyl (C=O) groups is 1. The highest BCUT2D eigenvalue weighted by atomic mass is 32.2. The Hall–Kier alpha value is -2.07. The molecule has 1 aliphatic rings. The molecule has 1 saturated heterocycles. The number of thioether (sulfide) groups is 1. The number of nitrogens with one attached hydrogen (secondary N) is 1. The molecule has 8 nitrogen and oxygen atoms in total. The summed E-state index contributed by atoms with van der Waals surface area (Å²) in [5.41, 5.74) is 0.551. The number of amides is 1. The monoisotopic (exact) mass is 480 g/mol. The summed E-state index contributed by atoms with van der Waals surface area (Å²) >= 11 is 1.30. The maximum Gasteiger partial charge on any atom is 0.230 e. The Morgan fingerprint density at radius 2 is 2.00 bits per heavy atom. The minimum Gasteiger partial charge on any atom is -0.486 e. The van der Waals surface area contributed by atoms with Crippen LogP contribution in [0.25, 0.3) is 0 Å². The van der Waals surface area contributed by atoms with Crippen LogP contribution in [0.1, 0.15) is 45.5 Å². The topological polar surface area (TPSA) is 103 Å². The second-order valence-electron chi connectivity index (χ2n) is 8.93. The molecular formula is C22H32N4O4S2. The van der Waals surface area contributed by atoms with E-state index < -0.39 is 15.4 Å². The maximum absolute atomic E-state index is 12.5. The van der Waals surface area contributed by atoms with Gasteiger partial charge >= 0.3 is 0 Å². The Labute approximate surface area is 194 Å². The summed E-state index contributed by atoms with van der Waals surface area (Å²) in [6.45, 7) is 9.10. The van der Waals surface area contributed by atoms with Crippen molar-refractivity contribution < 1.29 is 17.9 Å². The molecule has 10 heteroatoms. The first-order chi connectivity index (χ1) is 15.1. The summed E-state index contributed by atoms with van der Waals surface area (Å²) in [6.07, 6.45) is 1.42. The van der Waals surface area contributed by atoms with Crippen LogP contribution in [0.5, 0.6) is 5.75 Å². The lowest BCUT2D eigenvalue weighted by Gasteiger charge is -2.23. The molecule has 1 aromatic carbocycles. The molecule has 2 heterocycles. The second-order valence-corrected chi connectivity index (χ2v) is 12.1. The lowest BCUT2D eigenvalue weighted by molar-refractivity contribution is -0.120. The van der Waals surface area contributed by atoms with E-state index in [1.807, 2.05) is 28.8 Å². The number of rotatable bonds is 10. The molecule has 1 fully saturated rings. The second kappa shape index (κ2) is 10.2. The zero-order valence-corrected chi connectivity index (χ0v) is 20.8. The Bertz CT molecular complexity index is 1030. The van der Waals surface area contributed by atoms with Gasteiger partial charge in [-0.25, -0.2) is 8.42 Å². The number of ether oxygens (including phenoxy) is 1. The van der Waals surface area contributed by atoms with Gasteiger partial charge in [0.1, 0.15) is 12.4 Å². The highest BCUT2D eigenvalue weighted by molar-refractivity contribution is 7.99. The van der Waals surface area contributed by atoms with Crippen molar-refractivity contribution in [3.63, 3.8) is 0 Å². The Morgan fingerprint density at radius 1 is 1.28 bits per heavy atom. The smallest absolute Gasteiger partial charge is 0.230 e. The number of aryl methyl sites for hydroxylation is 1. The minimum absolute atomic E-state index is 0.0132. The van der Waals surface area contributed by atoms with Gasteiger partial charge in [0.15, 0.2) is 20.8 Å². The van der Waals surface area contributed by atoms with Crippen LogP contribution in [0.3, 0.4) is 0 Å². The lowest BCUT2D eigenvalue weighted by Crippen LogP contribution is -2.47. The summed E-state index contributed by atoms with van der Waals surface area (Å²) in [7, 11) is -3.08. The highest BCUT2D eigenvalue weighted by Gasteiger charge is 2.39. The number of sulfone groups is 1. The van der Waals surface area contributed by atoms with E-state index in [0.717, 1.165) is 12.2 Å². The molecule has 1 N–H and O–H groups in total. The van der Waals surface area contributed by atoms with E-state index in [9.17, 15) is 13.2 Å². The van der Waals surface area contributed by atoms with E-state index in [1.54, 1.807) is 6.92 Å². The molecule has 32 heavy (non-hydrogen) atoms. The molecule has 1 aliphatic heterocycles. The fourth-order valence-electron chi connectivity index (χ4n) is 3.66. The van der Waals surface area contributed by atoms with Gasteiger partial charge in [0, 0.05) is 6.54 Å². The van der Waals surface area contributed by atoms with Crippen molar-refractivity contribution in [1.82, 2.24) is 20.1 Å². The Kier molecular flexibility index (Phi) is 7.87. The third-order valence-corrected chi connectivity index (χ3v) is 8.19. The Balaban J connectivity index is 1.62. The molecular weight excluding hydrogens is 448 g/mol. The molecule has 1 atom stereocenters. The minimum atomic E-state index is -3.08. The van der Waals surface area contributed by atoms with E-state index in [2.05, 4.69) is 36.3 Å². The summed E-state index contributed by atoms with van der Waals surface area (Å²) in [4.78, 5) is 12.5. The van der Waals surface area contributed by atoms with Gasteiger partial charge in [-0.3, -0.25) is 4.79 Å². The lowest BCUT2D eigenvalue weighted by atomic mass is 10.0. The van der Waals surface area contributed by atoms with Crippen molar-refractivity contribution in [3.8, 4) is 5.75 Å². The summed E-state index contributed by atoms with van der Waals surface area (Å²) in [5, 5.41) is 12.1. The fraction of sp³-hybridized carbons (Fsp3) is 0.591. The molecule has 3 rings (SSSR count). The predicted molar refractivity (Wildman–Crippen MR) is 126 cm³/mol. The number of aromatic nitrogens is 3. The van der Waals surface area contributed by atoms with Crippen LogP contribution in [0.4, 0.5) is 0 Å². The van der Waals surface area contributed by atoms with Crippen LogP contribution in [0.15, 0.2) is 29.4 Å². The molecule has 1 amide bonds. The van der Waals surface area contributed by atoms with Crippen molar-refractivity contribution in [2.45, 2.75) is 64.4 Å². The molecule has 0 bridgehead atoms. The van der Waals surface area contributed by atoms with Crippen molar-refractivity contribution in [3.05, 3.63) is 35.7 Å². The highest BCUT2D eigenvalue weighted by Crippen LogP contribution is 2.24. The van der Waals surface area contributed by atoms with E-state index in [0.29, 0.717) is 29.9 Å². The molecule has 2 aromatic rings. The largest absolute Gasteiger partial charge is 0.486 e. The van der Waals surface area contributed by atoms with E-state index in [4.69, 9.17) is 4.74 Å². The fourth-order valence-corrected chi connectivity index (χ4v) is 6.52. The van der Waals surface area contributed by atoms with Gasteiger partial charge in [0.25, 0.3) is 0 Å². The van der Waals surface area contributed by atoms with Crippen molar-refractivity contribution in [1.29, 1.82) is 0 Å². The number of carbonyl (C=O) groups excluding carboxylic acids is 1. The molecule has 0 unspecified atom stereocenters. The van der Waals surface area contributed by atoms with E-state index >= 15 is 0 Å². The van der Waals surface area contributed by atoms with Crippen molar-refractivity contribution in [2.75, 3.05) is 17.3 Å². The average Bonchev–Trinajstić information content (AvgIpc) is 3.23. The van der Waals surface area contributed by atoms with Crippen LogP contribution in [-0.4, -0.2) is 51.9 Å². The molecule has 0 aliphatic carbocycles. The van der Waals surface area contributed by atoms with Crippen LogP contribution >= 0.6 is 11.8 Å². The number of nitrogens with zero attached hydrogens (tertiary/aromatic N) is 3. The summed E-state index contributed by atoms with van der Waals surface area (Å²) < 4.78 is 31.4. The average molecular weight is 481 g/mol. The van der Waals surface area contributed by atoms with E-state index in [-0.39, 0.29) is 29.8 Å². The third-order valence-electron chi connectivity index (χ3n) is 5.32. The first-order valence-corrected chi connectivity index (χ1v) is 13.7. The van der Waals surface area contributed by atoms with Gasteiger partial charge in [-0.05, 0) is 43.4 Å². The first kappa shape index (κ1) is 24.6. The first-order valence-electron chi connectivity index (χ1n) is 10.9. The molecule has 0 radical (unpaired) electrons. The predicted octanol–water partition coefficient (Wildman–Crippen LogP) is 2.86. The Morgan fingerprint density at radius 3 is 2.59 bits per heavy atom. The van der Waals surface area contributed by atoms with Crippen LogP contribution in [-0.2, 0) is 34.2 Å². The molecule has 0 spiro atoms. The van der Waals surface area contributed by atoms with Gasteiger partial charge < -0.3 is 14.6 Å². The summed E-state index contributed by atoms with van der Waals surface area (Å²) in [5.74, 6) is 1.88. The zero-order valence-electron chi connectivity index (χ0n) is 19.1. The van der Waals surface area contributed by atoms with Gasteiger partial charge in [0.05, 0.1) is 22.8 Å². The quantitative estimate of drug-likeness (QED) is 0.522. The standard InChI is InChI=1S/C22H32N4O4S2/c1-5-17-6-8-18(9-7-17)30-13-19-24-25-21(26(19)12-16(2)3)31-14-20(27)23-22(4)10-11-32(28,29)15-22/h6-9,16H,5,10-15H2,1-4H3,(H,23,27)/t22-/m1/s1. The molecule has 0 saturated carbocycles.